The molecule has 1 unspecified atom stereocenters. The molecule has 1 aromatic heterocycles. The van der Waals surface area contributed by atoms with E-state index in [4.69, 9.17) is 29.0 Å². The summed E-state index contributed by atoms with van der Waals surface area (Å²) in [6, 6.07) is 6.04. The Labute approximate surface area is 118 Å². The average Bonchev–Trinajstić information content (AvgIpc) is 2.64. The first-order valence-corrected chi connectivity index (χ1v) is 6.77. The van der Waals surface area contributed by atoms with Crippen molar-refractivity contribution in [3.8, 4) is 0 Å². The molecule has 0 fully saturated rings. The van der Waals surface area contributed by atoms with Gasteiger partial charge in [0.2, 0.25) is 0 Å². The van der Waals surface area contributed by atoms with Gasteiger partial charge < -0.3 is 0 Å². The third kappa shape index (κ3) is 2.68. The van der Waals surface area contributed by atoms with Crippen LogP contribution in [0.15, 0.2) is 24.3 Å². The van der Waals surface area contributed by atoms with Gasteiger partial charge in [0.05, 0.1) is 14.7 Å². The van der Waals surface area contributed by atoms with Gasteiger partial charge in [-0.05, 0) is 19.1 Å². The Morgan fingerprint density at radius 3 is 2.56 bits per heavy atom. The summed E-state index contributed by atoms with van der Waals surface area (Å²) in [6.45, 7) is 1.89. The number of aryl methyl sites for hydroxylation is 1. The lowest BCUT2D eigenvalue weighted by atomic mass is 9.99. The van der Waals surface area contributed by atoms with Crippen LogP contribution in [0.5, 0.6) is 0 Å². The third-order valence-electron chi connectivity index (χ3n) is 2.62. The van der Waals surface area contributed by atoms with E-state index in [-0.39, 0.29) is 5.82 Å². The SMILES string of the molecule is Cc1ccc(F)c(C(NN)c2cc(Cl)sc2Cl)c1. The first kappa shape index (κ1) is 13.8. The standard InChI is InChI=1S/C12H11Cl2FN2S/c1-6-2-3-9(15)7(4-6)11(17-16)8-5-10(13)18-12(8)14/h2-5,11,17H,16H2,1H3. The van der Waals surface area contributed by atoms with Gasteiger partial charge in [-0.2, -0.15) is 0 Å². The Morgan fingerprint density at radius 2 is 2.00 bits per heavy atom. The molecule has 2 aromatic rings. The van der Waals surface area contributed by atoms with E-state index in [2.05, 4.69) is 5.43 Å². The number of nitrogens with one attached hydrogen (secondary N) is 1. The van der Waals surface area contributed by atoms with E-state index in [1.54, 1.807) is 18.2 Å². The minimum atomic E-state index is -0.513. The molecule has 0 aliphatic heterocycles. The van der Waals surface area contributed by atoms with Crippen molar-refractivity contribution < 1.29 is 4.39 Å². The molecule has 0 amide bonds. The molecule has 6 heteroatoms. The number of thiophene rings is 1. The largest absolute Gasteiger partial charge is 0.271 e. The number of hydrogen-bond acceptors (Lipinski definition) is 3. The maximum atomic E-state index is 13.9. The Hall–Kier alpha value is -0.650. The van der Waals surface area contributed by atoms with Gasteiger partial charge in [0.25, 0.3) is 0 Å². The normalized spacial score (nSPS) is 12.7. The lowest BCUT2D eigenvalue weighted by Crippen LogP contribution is -2.29. The van der Waals surface area contributed by atoms with E-state index in [0.29, 0.717) is 19.8 Å². The monoisotopic (exact) mass is 304 g/mol. The van der Waals surface area contributed by atoms with Gasteiger partial charge in [-0.25, -0.2) is 9.82 Å². The Morgan fingerprint density at radius 1 is 1.28 bits per heavy atom. The molecule has 2 nitrogen and oxygen atoms in total. The van der Waals surface area contributed by atoms with Gasteiger partial charge in [0.1, 0.15) is 5.82 Å². The molecule has 1 heterocycles. The number of hydrazine groups is 1. The van der Waals surface area contributed by atoms with E-state index < -0.39 is 6.04 Å². The molecule has 0 radical (unpaired) electrons. The number of hydrogen-bond donors (Lipinski definition) is 2. The van der Waals surface area contributed by atoms with E-state index in [0.717, 1.165) is 5.56 Å². The summed E-state index contributed by atoms with van der Waals surface area (Å²) >= 11 is 13.2. The van der Waals surface area contributed by atoms with Crippen LogP contribution in [-0.2, 0) is 0 Å². The number of nitrogens with two attached hydrogens (primary N) is 1. The Bertz CT molecular complexity index is 571. The molecule has 3 N–H and O–H groups in total. The fourth-order valence-electron chi connectivity index (χ4n) is 1.78. The minimum absolute atomic E-state index is 0.332. The molecule has 0 saturated carbocycles. The smallest absolute Gasteiger partial charge is 0.128 e. The summed E-state index contributed by atoms with van der Waals surface area (Å²) in [6.07, 6.45) is 0. The lowest BCUT2D eigenvalue weighted by Gasteiger charge is -2.17. The molecule has 96 valence electrons. The van der Waals surface area contributed by atoms with Gasteiger partial charge in [-0.1, -0.05) is 40.9 Å². The van der Waals surface area contributed by atoms with Crippen molar-refractivity contribution in [3.05, 3.63) is 55.4 Å². The zero-order chi connectivity index (χ0) is 13.3. The highest BCUT2D eigenvalue weighted by Crippen LogP contribution is 2.37. The highest BCUT2D eigenvalue weighted by molar-refractivity contribution is 7.20. The van der Waals surface area contributed by atoms with Crippen molar-refractivity contribution in [1.82, 2.24) is 5.43 Å². The lowest BCUT2D eigenvalue weighted by molar-refractivity contribution is 0.560. The van der Waals surface area contributed by atoms with E-state index >= 15 is 0 Å². The van der Waals surface area contributed by atoms with Crippen LogP contribution in [0.1, 0.15) is 22.7 Å². The van der Waals surface area contributed by atoms with Crippen LogP contribution in [0.2, 0.25) is 8.67 Å². The van der Waals surface area contributed by atoms with Crippen LogP contribution >= 0.6 is 34.5 Å². The second kappa shape index (κ2) is 5.55. The van der Waals surface area contributed by atoms with Gasteiger partial charge in [0, 0.05) is 11.1 Å². The van der Waals surface area contributed by atoms with Crippen molar-refractivity contribution in [3.63, 3.8) is 0 Å². The van der Waals surface area contributed by atoms with Gasteiger partial charge in [0.15, 0.2) is 0 Å². The van der Waals surface area contributed by atoms with Crippen LogP contribution in [0.4, 0.5) is 4.39 Å². The summed E-state index contributed by atoms with van der Waals surface area (Å²) in [5.74, 6) is 5.19. The second-order valence-corrected chi connectivity index (χ2v) is 6.19. The van der Waals surface area contributed by atoms with Crippen molar-refractivity contribution >= 4 is 34.5 Å². The number of rotatable bonds is 3. The second-order valence-electron chi connectivity index (χ2n) is 3.90. The molecule has 0 spiro atoms. The molecule has 2 rings (SSSR count). The quantitative estimate of drug-likeness (QED) is 0.663. The van der Waals surface area contributed by atoms with Crippen molar-refractivity contribution in [1.29, 1.82) is 0 Å². The van der Waals surface area contributed by atoms with E-state index in [9.17, 15) is 4.39 Å². The predicted octanol–water partition coefficient (Wildman–Crippen LogP) is 4.06. The number of halogens is 3. The maximum absolute atomic E-state index is 13.9. The van der Waals surface area contributed by atoms with Gasteiger partial charge in [-0.3, -0.25) is 5.84 Å². The maximum Gasteiger partial charge on any atom is 0.128 e. The van der Waals surface area contributed by atoms with Crippen molar-refractivity contribution in [2.24, 2.45) is 5.84 Å². The van der Waals surface area contributed by atoms with Crippen LogP contribution in [0, 0.1) is 12.7 Å². The summed E-state index contributed by atoms with van der Waals surface area (Å²) in [5, 5.41) is 0. The molecule has 1 aromatic carbocycles. The topological polar surface area (TPSA) is 38.0 Å². The molecule has 0 saturated heterocycles. The van der Waals surface area contributed by atoms with Gasteiger partial charge >= 0.3 is 0 Å². The summed E-state index contributed by atoms with van der Waals surface area (Å²) in [4.78, 5) is 0. The molecule has 0 aliphatic carbocycles. The molecule has 0 bridgehead atoms. The van der Waals surface area contributed by atoms with Crippen LogP contribution in [0.25, 0.3) is 0 Å². The van der Waals surface area contributed by atoms with Crippen molar-refractivity contribution in [2.45, 2.75) is 13.0 Å². The number of benzene rings is 1. The average molecular weight is 305 g/mol. The zero-order valence-electron chi connectivity index (χ0n) is 9.51. The highest BCUT2D eigenvalue weighted by atomic mass is 35.5. The van der Waals surface area contributed by atoms with Crippen molar-refractivity contribution in [2.75, 3.05) is 0 Å². The van der Waals surface area contributed by atoms with Crippen LogP contribution in [-0.4, -0.2) is 0 Å². The molecule has 1 atom stereocenters. The molecule has 18 heavy (non-hydrogen) atoms. The third-order valence-corrected chi connectivity index (χ3v) is 4.14. The van der Waals surface area contributed by atoms with Gasteiger partial charge in [-0.15, -0.1) is 11.3 Å². The zero-order valence-corrected chi connectivity index (χ0v) is 11.8. The fraction of sp³-hybridized carbons (Fsp3) is 0.167. The highest BCUT2D eigenvalue weighted by Gasteiger charge is 2.21. The molecular formula is C12H11Cl2FN2S. The Kier molecular flexibility index (Phi) is 4.25. The summed E-state index contributed by atoms with van der Waals surface area (Å²) in [7, 11) is 0. The fourth-order valence-corrected chi connectivity index (χ4v) is 3.31. The Balaban J connectivity index is 2.51. The van der Waals surface area contributed by atoms with Crippen LogP contribution in [0.3, 0.4) is 0 Å². The molecular weight excluding hydrogens is 294 g/mol. The van der Waals surface area contributed by atoms with Crippen LogP contribution < -0.4 is 11.3 Å². The first-order valence-electron chi connectivity index (χ1n) is 5.20. The first-order chi connectivity index (χ1) is 8.52. The predicted molar refractivity (Wildman–Crippen MR) is 74.6 cm³/mol. The minimum Gasteiger partial charge on any atom is -0.271 e. The summed E-state index contributed by atoms with van der Waals surface area (Å²) < 4.78 is 14.9. The summed E-state index contributed by atoms with van der Waals surface area (Å²) in [5.41, 5.74) is 4.66. The molecule has 0 aliphatic rings. The van der Waals surface area contributed by atoms with E-state index in [1.807, 2.05) is 6.92 Å². The van der Waals surface area contributed by atoms with E-state index in [1.165, 1.54) is 17.4 Å².